The fourth-order valence-electron chi connectivity index (χ4n) is 4.12. The molecule has 1 saturated heterocycles. The van der Waals surface area contributed by atoms with Crippen molar-refractivity contribution in [2.45, 2.75) is 65.3 Å². The Morgan fingerprint density at radius 1 is 0.935 bits per heavy atom. The van der Waals surface area contributed by atoms with Gasteiger partial charge in [0, 0.05) is 37.7 Å². The van der Waals surface area contributed by atoms with Crippen LogP contribution in [0.5, 0.6) is 0 Å². The monoisotopic (exact) mass is 427 g/mol. The van der Waals surface area contributed by atoms with Gasteiger partial charge in [-0.05, 0) is 41.9 Å². The number of amides is 3. The lowest BCUT2D eigenvalue weighted by Crippen LogP contribution is -2.57. The van der Waals surface area contributed by atoms with Crippen molar-refractivity contribution in [3.05, 3.63) is 35.4 Å². The van der Waals surface area contributed by atoms with Crippen LogP contribution in [-0.4, -0.2) is 59.7 Å². The second kappa shape index (κ2) is 9.41. The van der Waals surface area contributed by atoms with Crippen molar-refractivity contribution in [1.29, 1.82) is 0 Å². The molecule has 1 aliphatic heterocycles. The Labute approximate surface area is 186 Å². The molecule has 170 valence electrons. The fourth-order valence-corrected chi connectivity index (χ4v) is 4.12. The highest BCUT2D eigenvalue weighted by Gasteiger charge is 2.34. The van der Waals surface area contributed by atoms with Crippen LogP contribution in [0, 0.1) is 11.8 Å². The molecule has 1 aromatic carbocycles. The fraction of sp³-hybridized carbons (Fsp3) is 0.640. The summed E-state index contributed by atoms with van der Waals surface area (Å²) in [6.45, 7) is 12.5. The molecule has 3 amide bonds. The smallest absolute Gasteiger partial charge is 0.251 e. The molecule has 0 bridgehead atoms. The zero-order chi connectivity index (χ0) is 22.8. The van der Waals surface area contributed by atoms with Gasteiger partial charge in [0.25, 0.3) is 5.91 Å². The van der Waals surface area contributed by atoms with Crippen LogP contribution in [0.3, 0.4) is 0 Å². The molecule has 1 unspecified atom stereocenters. The maximum Gasteiger partial charge on any atom is 0.251 e. The third-order valence-electron chi connectivity index (χ3n) is 6.59. The van der Waals surface area contributed by atoms with Gasteiger partial charge in [-0.15, -0.1) is 0 Å². The van der Waals surface area contributed by atoms with Gasteiger partial charge >= 0.3 is 0 Å². The van der Waals surface area contributed by atoms with Crippen molar-refractivity contribution in [3.8, 4) is 0 Å². The molecule has 1 atom stereocenters. The molecule has 2 fully saturated rings. The summed E-state index contributed by atoms with van der Waals surface area (Å²) in [4.78, 5) is 42.1. The molecule has 1 aliphatic carbocycles. The number of rotatable bonds is 5. The predicted octanol–water partition coefficient (Wildman–Crippen LogP) is 3.21. The van der Waals surface area contributed by atoms with E-state index in [9.17, 15) is 14.4 Å². The second-order valence-electron chi connectivity index (χ2n) is 10.3. The minimum atomic E-state index is -0.580. The van der Waals surface area contributed by atoms with E-state index in [-0.39, 0.29) is 35.0 Å². The van der Waals surface area contributed by atoms with Gasteiger partial charge in [0.1, 0.15) is 6.04 Å². The molecule has 31 heavy (non-hydrogen) atoms. The van der Waals surface area contributed by atoms with Gasteiger partial charge in [0.15, 0.2) is 0 Å². The highest BCUT2D eigenvalue weighted by atomic mass is 16.2. The maximum atomic E-state index is 13.2. The van der Waals surface area contributed by atoms with E-state index in [1.165, 1.54) is 0 Å². The Bertz CT molecular complexity index is 798. The molecule has 1 N–H and O–H groups in total. The molecular formula is C25H37N3O3. The van der Waals surface area contributed by atoms with E-state index in [4.69, 9.17) is 0 Å². The van der Waals surface area contributed by atoms with E-state index in [0.29, 0.717) is 31.7 Å². The first kappa shape index (κ1) is 23.3. The van der Waals surface area contributed by atoms with Gasteiger partial charge in [-0.25, -0.2) is 0 Å². The van der Waals surface area contributed by atoms with Crippen molar-refractivity contribution in [2.24, 2.45) is 11.8 Å². The molecule has 6 heteroatoms. The SMILES string of the molecule is CC(C)C(NC(=O)c1ccc(C(C)(C)C)cc1)C(=O)N1CCN(C(=O)C2CCC2)CC1. The quantitative estimate of drug-likeness (QED) is 0.784. The lowest BCUT2D eigenvalue weighted by molar-refractivity contribution is -0.145. The number of carbonyl (C=O) groups excluding carboxylic acids is 3. The van der Waals surface area contributed by atoms with Gasteiger partial charge in [-0.2, -0.15) is 0 Å². The van der Waals surface area contributed by atoms with Crippen molar-refractivity contribution < 1.29 is 14.4 Å². The Kier molecular flexibility index (Phi) is 7.07. The van der Waals surface area contributed by atoms with Crippen LogP contribution in [0.4, 0.5) is 0 Å². The molecule has 0 aromatic heterocycles. The maximum absolute atomic E-state index is 13.2. The summed E-state index contributed by atoms with van der Waals surface area (Å²) in [5, 5.41) is 2.95. The summed E-state index contributed by atoms with van der Waals surface area (Å²) in [5.41, 5.74) is 1.74. The van der Waals surface area contributed by atoms with Crippen LogP contribution in [0.1, 0.15) is 69.8 Å². The van der Waals surface area contributed by atoms with Crippen LogP contribution in [-0.2, 0) is 15.0 Å². The number of carbonyl (C=O) groups is 3. The Morgan fingerprint density at radius 3 is 1.94 bits per heavy atom. The molecule has 0 spiro atoms. The van der Waals surface area contributed by atoms with Gasteiger partial charge in [0.05, 0.1) is 0 Å². The first-order valence-electron chi connectivity index (χ1n) is 11.6. The third-order valence-corrected chi connectivity index (χ3v) is 6.59. The number of piperazine rings is 1. The first-order chi connectivity index (χ1) is 14.6. The van der Waals surface area contributed by atoms with E-state index in [1.807, 2.05) is 43.0 Å². The summed E-state index contributed by atoms with van der Waals surface area (Å²) in [7, 11) is 0. The summed E-state index contributed by atoms with van der Waals surface area (Å²) >= 11 is 0. The minimum absolute atomic E-state index is 0.0214. The molecule has 2 aliphatic rings. The minimum Gasteiger partial charge on any atom is -0.340 e. The molecule has 1 saturated carbocycles. The number of hydrogen-bond donors (Lipinski definition) is 1. The van der Waals surface area contributed by atoms with Crippen LogP contribution in [0.25, 0.3) is 0 Å². The molecule has 1 aromatic rings. The molecular weight excluding hydrogens is 390 g/mol. The topological polar surface area (TPSA) is 69.7 Å². The van der Waals surface area contributed by atoms with Gasteiger partial charge in [-0.1, -0.05) is 53.2 Å². The highest BCUT2D eigenvalue weighted by Crippen LogP contribution is 2.28. The Hall–Kier alpha value is -2.37. The number of nitrogens with zero attached hydrogens (tertiary/aromatic N) is 2. The van der Waals surface area contributed by atoms with E-state index in [0.717, 1.165) is 24.8 Å². The Balaban J connectivity index is 1.59. The van der Waals surface area contributed by atoms with Gasteiger partial charge in [0.2, 0.25) is 11.8 Å². The number of hydrogen-bond acceptors (Lipinski definition) is 3. The zero-order valence-corrected chi connectivity index (χ0v) is 19.6. The summed E-state index contributed by atoms with van der Waals surface area (Å²) < 4.78 is 0. The average Bonchev–Trinajstić information content (AvgIpc) is 2.69. The van der Waals surface area contributed by atoms with E-state index in [2.05, 4.69) is 26.1 Å². The summed E-state index contributed by atoms with van der Waals surface area (Å²) in [6, 6.07) is 7.01. The van der Waals surface area contributed by atoms with E-state index >= 15 is 0 Å². The highest BCUT2D eigenvalue weighted by molar-refractivity contribution is 5.97. The predicted molar refractivity (Wildman–Crippen MR) is 122 cm³/mol. The summed E-state index contributed by atoms with van der Waals surface area (Å²) in [6.07, 6.45) is 3.13. The molecule has 3 rings (SSSR count). The largest absolute Gasteiger partial charge is 0.340 e. The summed E-state index contributed by atoms with van der Waals surface area (Å²) in [5.74, 6) is 0.108. The van der Waals surface area contributed by atoms with Gasteiger partial charge in [-0.3, -0.25) is 14.4 Å². The Morgan fingerprint density at radius 2 is 1.48 bits per heavy atom. The van der Waals surface area contributed by atoms with Crippen LogP contribution >= 0.6 is 0 Å². The average molecular weight is 428 g/mol. The zero-order valence-electron chi connectivity index (χ0n) is 19.6. The van der Waals surface area contributed by atoms with Gasteiger partial charge < -0.3 is 15.1 Å². The lowest BCUT2D eigenvalue weighted by Gasteiger charge is -2.39. The number of nitrogens with one attached hydrogen (secondary N) is 1. The van der Waals surface area contributed by atoms with Crippen molar-refractivity contribution in [1.82, 2.24) is 15.1 Å². The molecule has 1 heterocycles. The van der Waals surface area contributed by atoms with E-state index in [1.54, 1.807) is 4.90 Å². The van der Waals surface area contributed by atoms with Crippen molar-refractivity contribution in [3.63, 3.8) is 0 Å². The lowest BCUT2D eigenvalue weighted by atomic mass is 9.84. The van der Waals surface area contributed by atoms with Crippen molar-refractivity contribution >= 4 is 17.7 Å². The third kappa shape index (κ3) is 5.46. The molecule has 0 radical (unpaired) electrons. The van der Waals surface area contributed by atoms with E-state index < -0.39 is 6.04 Å². The first-order valence-corrected chi connectivity index (χ1v) is 11.6. The van der Waals surface area contributed by atoms with Crippen LogP contribution in [0.2, 0.25) is 0 Å². The normalized spacial score (nSPS) is 18.5. The second-order valence-corrected chi connectivity index (χ2v) is 10.3. The van der Waals surface area contributed by atoms with Crippen molar-refractivity contribution in [2.75, 3.05) is 26.2 Å². The number of benzene rings is 1. The van der Waals surface area contributed by atoms with Crippen LogP contribution in [0.15, 0.2) is 24.3 Å². The molecule has 6 nitrogen and oxygen atoms in total. The van der Waals surface area contributed by atoms with Crippen LogP contribution < -0.4 is 5.32 Å². The standard InChI is InChI=1S/C25H37N3O3/c1-17(2)21(26-22(29)18-9-11-20(12-10-18)25(3,4)5)24(31)28-15-13-27(14-16-28)23(30)19-7-6-8-19/h9-12,17,19,21H,6-8,13-16H2,1-5H3,(H,26,29).